The monoisotopic (exact) mass is 478 g/mol. The van der Waals surface area contributed by atoms with Gasteiger partial charge in [0.25, 0.3) is 15.9 Å². The zero-order chi connectivity index (χ0) is 24.1. The summed E-state index contributed by atoms with van der Waals surface area (Å²) in [6, 6.07) is 22.3. The highest BCUT2D eigenvalue weighted by Crippen LogP contribution is 2.24. The molecule has 0 unspecified atom stereocenters. The number of ether oxygens (including phenoxy) is 1. The van der Waals surface area contributed by atoms with E-state index >= 15 is 0 Å². The van der Waals surface area contributed by atoms with Crippen LogP contribution in [0.3, 0.4) is 0 Å². The Kier molecular flexibility index (Phi) is 6.98. The molecule has 3 aromatic rings. The first-order chi connectivity index (χ1) is 16.4. The van der Waals surface area contributed by atoms with E-state index in [1.807, 2.05) is 24.3 Å². The van der Waals surface area contributed by atoms with Crippen LogP contribution >= 0.6 is 0 Å². The fourth-order valence-electron chi connectivity index (χ4n) is 3.99. The van der Waals surface area contributed by atoms with E-state index in [-0.39, 0.29) is 29.5 Å². The Balaban J connectivity index is 1.38. The van der Waals surface area contributed by atoms with Crippen LogP contribution < -0.4 is 4.31 Å². The van der Waals surface area contributed by atoms with Gasteiger partial charge < -0.3 is 9.64 Å². The van der Waals surface area contributed by atoms with E-state index in [0.29, 0.717) is 18.8 Å². The van der Waals surface area contributed by atoms with Gasteiger partial charge in [0.15, 0.2) is 6.61 Å². The van der Waals surface area contributed by atoms with Crippen LogP contribution in [0.5, 0.6) is 0 Å². The lowest BCUT2D eigenvalue weighted by molar-refractivity contribution is -0.135. The van der Waals surface area contributed by atoms with Crippen molar-refractivity contribution in [2.75, 3.05) is 24.0 Å². The lowest BCUT2D eigenvalue weighted by Gasteiger charge is -2.28. The fourth-order valence-corrected chi connectivity index (χ4v) is 5.46. The molecular weight excluding hydrogens is 452 g/mol. The Bertz CT molecular complexity index is 1270. The largest absolute Gasteiger partial charge is 0.452 e. The Labute approximate surface area is 199 Å². The second kappa shape index (κ2) is 10.1. The summed E-state index contributed by atoms with van der Waals surface area (Å²) in [7, 11) is -3.79. The molecule has 34 heavy (non-hydrogen) atoms. The predicted molar refractivity (Wildman–Crippen MR) is 129 cm³/mol. The number of carbonyl (C=O) groups excluding carboxylic acids is 2. The highest BCUT2D eigenvalue weighted by molar-refractivity contribution is 7.92. The molecule has 1 amide bonds. The molecule has 0 N–H and O–H groups in total. The first-order valence-corrected chi connectivity index (χ1v) is 12.5. The Morgan fingerprint density at radius 3 is 2.24 bits per heavy atom. The zero-order valence-electron chi connectivity index (χ0n) is 18.9. The first kappa shape index (κ1) is 23.5. The normalized spacial score (nSPS) is 13.1. The molecule has 0 aromatic heterocycles. The van der Waals surface area contributed by atoms with Gasteiger partial charge in [0.2, 0.25) is 0 Å². The number of amides is 1. The standard InChI is InChI=1S/C26H26N2O5S/c1-2-28(23-10-4-3-5-11-23)34(31,32)24-14-12-21(13-15-24)26(30)33-19-25(29)27-17-16-20-8-6-7-9-22(20)18-27/h3-15H,2,16-19H2,1H3. The lowest BCUT2D eigenvalue weighted by Crippen LogP contribution is -2.38. The minimum Gasteiger partial charge on any atom is -0.452 e. The summed E-state index contributed by atoms with van der Waals surface area (Å²) in [4.78, 5) is 26.7. The van der Waals surface area contributed by atoms with Crippen LogP contribution in [-0.2, 0) is 32.5 Å². The maximum Gasteiger partial charge on any atom is 0.338 e. The van der Waals surface area contributed by atoms with Crippen LogP contribution in [-0.4, -0.2) is 44.9 Å². The average molecular weight is 479 g/mol. The van der Waals surface area contributed by atoms with Crippen LogP contribution in [0.15, 0.2) is 83.8 Å². The van der Waals surface area contributed by atoms with E-state index in [0.717, 1.165) is 12.0 Å². The molecule has 0 spiro atoms. The summed E-state index contributed by atoms with van der Waals surface area (Å²) >= 11 is 0. The van der Waals surface area contributed by atoms with Crippen LogP contribution in [0.4, 0.5) is 5.69 Å². The van der Waals surface area contributed by atoms with Crippen molar-refractivity contribution in [1.29, 1.82) is 0 Å². The van der Waals surface area contributed by atoms with Crippen molar-refractivity contribution < 1.29 is 22.7 Å². The van der Waals surface area contributed by atoms with Gasteiger partial charge in [0.05, 0.1) is 16.1 Å². The van der Waals surface area contributed by atoms with E-state index in [2.05, 4.69) is 6.07 Å². The molecule has 1 aliphatic rings. The number of fused-ring (bicyclic) bond motifs is 1. The van der Waals surface area contributed by atoms with Crippen molar-refractivity contribution in [3.8, 4) is 0 Å². The molecule has 0 bridgehead atoms. The number of hydrogen-bond acceptors (Lipinski definition) is 5. The van der Waals surface area contributed by atoms with E-state index < -0.39 is 16.0 Å². The summed E-state index contributed by atoms with van der Waals surface area (Å²) in [6.07, 6.45) is 0.767. The summed E-state index contributed by atoms with van der Waals surface area (Å²) in [5.41, 5.74) is 3.07. The topological polar surface area (TPSA) is 84.0 Å². The summed E-state index contributed by atoms with van der Waals surface area (Å²) in [6.45, 7) is 2.73. The molecule has 0 radical (unpaired) electrons. The van der Waals surface area contributed by atoms with E-state index in [9.17, 15) is 18.0 Å². The fraction of sp³-hybridized carbons (Fsp3) is 0.231. The maximum absolute atomic E-state index is 13.1. The number of sulfonamides is 1. The smallest absolute Gasteiger partial charge is 0.338 e. The molecule has 8 heteroatoms. The molecule has 0 atom stereocenters. The molecule has 176 valence electrons. The van der Waals surface area contributed by atoms with E-state index in [4.69, 9.17) is 4.74 Å². The maximum atomic E-state index is 13.1. The predicted octanol–water partition coefficient (Wildman–Crippen LogP) is 3.64. The Morgan fingerprint density at radius 1 is 0.912 bits per heavy atom. The van der Waals surface area contributed by atoms with Crippen molar-refractivity contribution in [1.82, 2.24) is 4.90 Å². The summed E-state index contributed by atoms with van der Waals surface area (Å²) in [5.74, 6) is -0.936. The molecule has 3 aromatic carbocycles. The van der Waals surface area contributed by atoms with Gasteiger partial charge in [-0.05, 0) is 60.9 Å². The number of rotatable bonds is 7. The van der Waals surface area contributed by atoms with Gasteiger partial charge in [0.1, 0.15) is 0 Å². The highest BCUT2D eigenvalue weighted by atomic mass is 32.2. The molecule has 1 aliphatic heterocycles. The second-order valence-corrected chi connectivity index (χ2v) is 9.80. The average Bonchev–Trinajstić information content (AvgIpc) is 2.87. The third-order valence-electron chi connectivity index (χ3n) is 5.82. The summed E-state index contributed by atoms with van der Waals surface area (Å²) < 4.78 is 32.7. The van der Waals surface area contributed by atoms with Crippen LogP contribution in [0.2, 0.25) is 0 Å². The van der Waals surface area contributed by atoms with Crippen LogP contribution in [0.25, 0.3) is 0 Å². The van der Waals surface area contributed by atoms with Crippen molar-refractivity contribution in [2.45, 2.75) is 24.8 Å². The van der Waals surface area contributed by atoms with E-state index in [1.165, 1.54) is 34.1 Å². The molecule has 1 heterocycles. The molecule has 0 saturated carbocycles. The quantitative estimate of drug-likeness (QED) is 0.484. The highest BCUT2D eigenvalue weighted by Gasteiger charge is 2.25. The van der Waals surface area contributed by atoms with Gasteiger partial charge >= 0.3 is 5.97 Å². The second-order valence-electron chi connectivity index (χ2n) is 7.94. The molecule has 0 aliphatic carbocycles. The number of anilines is 1. The molecule has 0 saturated heterocycles. The minimum absolute atomic E-state index is 0.0674. The third-order valence-corrected chi connectivity index (χ3v) is 7.74. The van der Waals surface area contributed by atoms with Gasteiger partial charge in [-0.1, -0.05) is 42.5 Å². The zero-order valence-corrected chi connectivity index (χ0v) is 19.7. The first-order valence-electron chi connectivity index (χ1n) is 11.1. The van der Waals surface area contributed by atoms with Crippen molar-refractivity contribution in [3.05, 3.63) is 95.6 Å². The molecule has 0 fully saturated rings. The SMILES string of the molecule is CCN(c1ccccc1)S(=O)(=O)c1ccc(C(=O)OCC(=O)N2CCc3ccccc3C2)cc1. The van der Waals surface area contributed by atoms with Gasteiger partial charge in [-0.25, -0.2) is 13.2 Å². The van der Waals surface area contributed by atoms with E-state index in [1.54, 1.807) is 36.1 Å². The van der Waals surface area contributed by atoms with Crippen molar-refractivity contribution in [3.63, 3.8) is 0 Å². The Hall–Kier alpha value is -3.65. The number of carbonyl (C=O) groups is 2. The van der Waals surface area contributed by atoms with Gasteiger partial charge in [0, 0.05) is 19.6 Å². The van der Waals surface area contributed by atoms with Crippen molar-refractivity contribution in [2.24, 2.45) is 0 Å². The Morgan fingerprint density at radius 2 is 1.56 bits per heavy atom. The van der Waals surface area contributed by atoms with Crippen molar-refractivity contribution >= 4 is 27.6 Å². The summed E-state index contributed by atoms with van der Waals surface area (Å²) in [5, 5.41) is 0. The minimum atomic E-state index is -3.79. The number of benzene rings is 3. The number of hydrogen-bond donors (Lipinski definition) is 0. The molecular formula is C26H26N2O5S. The third kappa shape index (κ3) is 4.97. The number of nitrogens with zero attached hydrogens (tertiary/aromatic N) is 2. The lowest BCUT2D eigenvalue weighted by atomic mass is 10.00. The van der Waals surface area contributed by atoms with Crippen LogP contribution in [0, 0.1) is 0 Å². The molecule has 7 nitrogen and oxygen atoms in total. The van der Waals surface area contributed by atoms with Gasteiger partial charge in [-0.15, -0.1) is 0 Å². The molecule has 4 rings (SSSR count). The van der Waals surface area contributed by atoms with Gasteiger partial charge in [-0.3, -0.25) is 9.10 Å². The number of para-hydroxylation sites is 1. The van der Waals surface area contributed by atoms with Gasteiger partial charge in [-0.2, -0.15) is 0 Å². The number of esters is 1. The van der Waals surface area contributed by atoms with Crippen LogP contribution in [0.1, 0.15) is 28.4 Å².